The molecule has 0 saturated carbocycles. The number of benzene rings is 1. The zero-order valence-corrected chi connectivity index (χ0v) is 11.5. The Morgan fingerprint density at radius 1 is 1.47 bits per heavy atom. The molecule has 0 unspecified atom stereocenters. The summed E-state index contributed by atoms with van der Waals surface area (Å²) in [5.41, 5.74) is 7.07. The molecule has 0 spiro atoms. The summed E-state index contributed by atoms with van der Waals surface area (Å²) in [5, 5.41) is 3.26. The highest BCUT2D eigenvalue weighted by Crippen LogP contribution is 2.34. The summed E-state index contributed by atoms with van der Waals surface area (Å²) in [6.07, 6.45) is 0.297. The van der Waals surface area contributed by atoms with Crippen LogP contribution < -0.4 is 15.8 Å². The number of nitrogens with one attached hydrogen (secondary N) is 1. The van der Waals surface area contributed by atoms with Crippen LogP contribution in [0.3, 0.4) is 0 Å². The van der Waals surface area contributed by atoms with Gasteiger partial charge in [0.05, 0.1) is 24.8 Å². The van der Waals surface area contributed by atoms with Crippen molar-refractivity contribution in [3.05, 3.63) is 12.1 Å². The van der Waals surface area contributed by atoms with Crippen LogP contribution in [-0.4, -0.2) is 31.7 Å². The van der Waals surface area contributed by atoms with E-state index in [1.165, 1.54) is 11.3 Å². The number of ether oxygens (including phenoxy) is 2. The Morgan fingerprint density at radius 2 is 2.26 bits per heavy atom. The molecule has 19 heavy (non-hydrogen) atoms. The van der Waals surface area contributed by atoms with E-state index in [0.717, 1.165) is 4.70 Å². The molecule has 0 fully saturated rings. The van der Waals surface area contributed by atoms with Crippen molar-refractivity contribution in [2.45, 2.75) is 6.42 Å². The van der Waals surface area contributed by atoms with Gasteiger partial charge in [0.15, 0.2) is 5.13 Å². The van der Waals surface area contributed by atoms with E-state index < -0.39 is 0 Å². The van der Waals surface area contributed by atoms with Gasteiger partial charge in [0.1, 0.15) is 11.3 Å². The molecule has 6 nitrogen and oxygen atoms in total. The number of carbonyl (C=O) groups excluding carboxylic acids is 1. The van der Waals surface area contributed by atoms with Gasteiger partial charge in [-0.1, -0.05) is 11.3 Å². The average molecular weight is 281 g/mol. The van der Waals surface area contributed by atoms with Gasteiger partial charge in [0.2, 0.25) is 5.91 Å². The zero-order chi connectivity index (χ0) is 13.8. The molecule has 0 aliphatic heterocycles. The van der Waals surface area contributed by atoms with Crippen molar-refractivity contribution in [3.8, 4) is 5.75 Å². The van der Waals surface area contributed by atoms with E-state index in [1.54, 1.807) is 26.4 Å². The molecule has 0 bridgehead atoms. The van der Waals surface area contributed by atoms with Crippen molar-refractivity contribution < 1.29 is 14.3 Å². The van der Waals surface area contributed by atoms with E-state index in [1.807, 2.05) is 0 Å². The quantitative estimate of drug-likeness (QED) is 0.817. The fourth-order valence-corrected chi connectivity index (χ4v) is 2.55. The van der Waals surface area contributed by atoms with Crippen molar-refractivity contribution in [1.82, 2.24) is 4.98 Å². The van der Waals surface area contributed by atoms with E-state index >= 15 is 0 Å². The first kappa shape index (κ1) is 13.6. The van der Waals surface area contributed by atoms with Crippen LogP contribution >= 0.6 is 11.3 Å². The highest BCUT2D eigenvalue weighted by atomic mass is 32.1. The maximum atomic E-state index is 11.6. The molecule has 2 rings (SSSR count). The Bertz CT molecular complexity index is 597. The van der Waals surface area contributed by atoms with Crippen molar-refractivity contribution in [3.63, 3.8) is 0 Å². The van der Waals surface area contributed by atoms with E-state index in [4.69, 9.17) is 15.2 Å². The van der Waals surface area contributed by atoms with Crippen LogP contribution in [0.2, 0.25) is 0 Å². The van der Waals surface area contributed by atoms with Gasteiger partial charge in [-0.15, -0.1) is 0 Å². The number of fused-ring (bicyclic) bond motifs is 1. The van der Waals surface area contributed by atoms with Gasteiger partial charge >= 0.3 is 0 Å². The number of amides is 1. The van der Waals surface area contributed by atoms with Gasteiger partial charge in [-0.2, -0.15) is 0 Å². The lowest BCUT2D eigenvalue weighted by atomic mass is 10.3. The third kappa shape index (κ3) is 3.12. The lowest BCUT2D eigenvalue weighted by Gasteiger charge is -2.01. The largest absolute Gasteiger partial charge is 0.494 e. The molecular formula is C12H15N3O3S. The summed E-state index contributed by atoms with van der Waals surface area (Å²) in [7, 11) is 3.11. The number of nitrogens with zero attached hydrogens (tertiary/aromatic N) is 1. The Kier molecular flexibility index (Phi) is 4.18. The molecule has 0 aliphatic carbocycles. The molecular weight excluding hydrogens is 266 g/mol. The van der Waals surface area contributed by atoms with Crippen molar-refractivity contribution in [1.29, 1.82) is 0 Å². The number of methoxy groups -OCH3 is 2. The van der Waals surface area contributed by atoms with Gasteiger partial charge in [-0.05, 0) is 6.07 Å². The highest BCUT2D eigenvalue weighted by molar-refractivity contribution is 7.22. The molecule has 1 aromatic carbocycles. The monoisotopic (exact) mass is 281 g/mol. The Hall–Kier alpha value is -1.86. The average Bonchev–Trinajstić information content (AvgIpc) is 2.77. The minimum Gasteiger partial charge on any atom is -0.494 e. The van der Waals surface area contributed by atoms with Gasteiger partial charge in [0.25, 0.3) is 0 Å². The summed E-state index contributed by atoms with van der Waals surface area (Å²) in [6.45, 7) is 0.382. The molecule has 1 amide bonds. The molecule has 1 aromatic heterocycles. The number of anilines is 2. The number of hydrogen-bond acceptors (Lipinski definition) is 6. The smallest absolute Gasteiger partial charge is 0.228 e. The lowest BCUT2D eigenvalue weighted by Crippen LogP contribution is -2.13. The first-order chi connectivity index (χ1) is 9.13. The fraction of sp³-hybridized carbons (Fsp3) is 0.333. The molecule has 0 saturated heterocycles. The van der Waals surface area contributed by atoms with Crippen LogP contribution in [0.5, 0.6) is 5.75 Å². The van der Waals surface area contributed by atoms with Crippen LogP contribution in [0.4, 0.5) is 10.8 Å². The lowest BCUT2D eigenvalue weighted by molar-refractivity contribution is -0.117. The van der Waals surface area contributed by atoms with Gasteiger partial charge in [0, 0.05) is 18.9 Å². The van der Waals surface area contributed by atoms with Crippen molar-refractivity contribution >= 4 is 38.3 Å². The predicted octanol–water partition coefficient (Wildman–Crippen LogP) is 1.86. The summed E-state index contributed by atoms with van der Waals surface area (Å²) in [6, 6.07) is 3.51. The molecule has 0 aliphatic rings. The molecule has 102 valence electrons. The minimum absolute atomic E-state index is 0.132. The third-order valence-electron chi connectivity index (χ3n) is 2.48. The second-order valence-corrected chi connectivity index (χ2v) is 4.91. The molecule has 1 heterocycles. The molecule has 0 atom stereocenters. The first-order valence-corrected chi connectivity index (χ1v) is 6.48. The second kappa shape index (κ2) is 5.85. The third-order valence-corrected chi connectivity index (χ3v) is 3.40. The molecule has 7 heteroatoms. The summed E-state index contributed by atoms with van der Waals surface area (Å²) >= 11 is 1.36. The van der Waals surface area contributed by atoms with Gasteiger partial charge < -0.3 is 20.5 Å². The normalized spacial score (nSPS) is 10.6. The number of nitrogens with two attached hydrogens (primary N) is 1. The number of thiazole rings is 1. The van der Waals surface area contributed by atoms with Gasteiger partial charge in [-0.3, -0.25) is 4.79 Å². The van der Waals surface area contributed by atoms with E-state index in [-0.39, 0.29) is 5.91 Å². The van der Waals surface area contributed by atoms with Crippen molar-refractivity contribution in [2.24, 2.45) is 0 Å². The topological polar surface area (TPSA) is 86.5 Å². The highest BCUT2D eigenvalue weighted by Gasteiger charge is 2.12. The maximum absolute atomic E-state index is 11.6. The number of aromatic nitrogens is 1. The van der Waals surface area contributed by atoms with Crippen LogP contribution in [0.15, 0.2) is 12.1 Å². The molecule has 3 N–H and O–H groups in total. The fourth-order valence-electron chi connectivity index (χ4n) is 1.60. The Morgan fingerprint density at radius 3 is 2.95 bits per heavy atom. The van der Waals surface area contributed by atoms with Gasteiger partial charge in [-0.25, -0.2) is 4.98 Å². The minimum atomic E-state index is -0.132. The number of nitrogen functional groups attached to an aromatic ring is 1. The summed E-state index contributed by atoms with van der Waals surface area (Å²) < 4.78 is 10.9. The van der Waals surface area contributed by atoms with Crippen molar-refractivity contribution in [2.75, 3.05) is 31.9 Å². The second-order valence-electron chi connectivity index (χ2n) is 3.88. The summed E-state index contributed by atoms with van der Waals surface area (Å²) in [4.78, 5) is 15.9. The number of carbonyl (C=O) groups is 1. The molecule has 0 radical (unpaired) electrons. The van der Waals surface area contributed by atoms with E-state index in [0.29, 0.717) is 35.1 Å². The predicted molar refractivity (Wildman–Crippen MR) is 75.7 cm³/mol. The summed E-state index contributed by atoms with van der Waals surface area (Å²) in [5.74, 6) is 0.469. The van der Waals surface area contributed by atoms with Crippen LogP contribution in [0, 0.1) is 0 Å². The molecule has 2 aromatic rings. The van der Waals surface area contributed by atoms with E-state index in [9.17, 15) is 4.79 Å². The van der Waals surface area contributed by atoms with Crippen LogP contribution in [0.25, 0.3) is 10.2 Å². The maximum Gasteiger partial charge on any atom is 0.228 e. The SMILES string of the molecule is COCCC(=O)Nc1nc2c(OC)cc(N)cc2s1. The first-order valence-electron chi connectivity index (χ1n) is 5.67. The zero-order valence-electron chi connectivity index (χ0n) is 10.7. The van der Waals surface area contributed by atoms with Crippen LogP contribution in [0.1, 0.15) is 6.42 Å². The number of hydrogen-bond donors (Lipinski definition) is 2. The Balaban J connectivity index is 2.24. The standard InChI is InChI=1S/C12H15N3O3S/c1-17-4-3-10(16)14-12-15-11-8(18-2)5-7(13)6-9(11)19-12/h5-6H,3-4,13H2,1-2H3,(H,14,15,16). The van der Waals surface area contributed by atoms with E-state index in [2.05, 4.69) is 10.3 Å². The number of rotatable bonds is 5. The Labute approximate surface area is 114 Å². The van der Waals surface area contributed by atoms with Crippen LogP contribution in [-0.2, 0) is 9.53 Å².